The Kier molecular flexibility index (Phi) is 7.17. The van der Waals surface area contributed by atoms with E-state index in [9.17, 15) is 9.90 Å². The number of piperidine rings is 1. The fourth-order valence-electron chi connectivity index (χ4n) is 4.52. The van der Waals surface area contributed by atoms with E-state index in [-0.39, 0.29) is 18.5 Å². The number of halogens is 2. The number of nitrogens with zero attached hydrogens (tertiary/aromatic N) is 5. The molecule has 5 rings (SSSR count). The number of benzene rings is 2. The number of amides is 1. The number of hydrogen-bond acceptors (Lipinski definition) is 7. The summed E-state index contributed by atoms with van der Waals surface area (Å²) >= 11 is 12.8. The van der Waals surface area contributed by atoms with Crippen LogP contribution >= 0.6 is 23.2 Å². The highest BCUT2D eigenvalue weighted by atomic mass is 35.5. The molecular weight excluding hydrogens is 527 g/mol. The van der Waals surface area contributed by atoms with Gasteiger partial charge in [0.05, 0.1) is 11.1 Å². The van der Waals surface area contributed by atoms with E-state index < -0.39 is 11.5 Å². The number of aromatic nitrogens is 4. The predicted molar refractivity (Wildman–Crippen MR) is 148 cm³/mol. The summed E-state index contributed by atoms with van der Waals surface area (Å²) in [5.41, 5.74) is 7.66. The lowest BCUT2D eigenvalue weighted by atomic mass is 9.80. The molecule has 38 heavy (non-hydrogen) atoms. The lowest BCUT2D eigenvalue weighted by molar-refractivity contribution is -0.127. The van der Waals surface area contributed by atoms with Gasteiger partial charge in [-0.15, -0.1) is 0 Å². The number of nitrogens with two attached hydrogens (primary N) is 1. The highest BCUT2D eigenvalue weighted by Crippen LogP contribution is 2.38. The van der Waals surface area contributed by atoms with E-state index in [1.165, 1.54) is 0 Å². The summed E-state index contributed by atoms with van der Waals surface area (Å²) < 4.78 is 7.67. The predicted octanol–water partition coefficient (Wildman–Crippen LogP) is 4.64. The summed E-state index contributed by atoms with van der Waals surface area (Å²) in [5.74, 6) is 0.845. The van der Waals surface area contributed by atoms with E-state index in [4.69, 9.17) is 48.6 Å². The first-order valence-electron chi connectivity index (χ1n) is 12.3. The summed E-state index contributed by atoms with van der Waals surface area (Å²) in [4.78, 5) is 28.5. The van der Waals surface area contributed by atoms with Crippen LogP contribution in [-0.4, -0.2) is 56.3 Å². The van der Waals surface area contributed by atoms with Gasteiger partial charge in [-0.3, -0.25) is 9.36 Å². The number of ether oxygens (including phenoxy) is 1. The molecular formula is C27H28Cl2N6O3. The molecule has 1 aliphatic heterocycles. The molecule has 1 saturated heterocycles. The fourth-order valence-corrected chi connectivity index (χ4v) is 4.87. The maximum absolute atomic E-state index is 12.0. The molecule has 11 heteroatoms. The van der Waals surface area contributed by atoms with Gasteiger partial charge >= 0.3 is 6.01 Å². The molecule has 1 atom stereocenters. The number of carbonyl (C=O) groups excluding carboxylic acids is 1. The Hall–Kier alpha value is -3.40. The Morgan fingerprint density at radius 1 is 1.11 bits per heavy atom. The summed E-state index contributed by atoms with van der Waals surface area (Å²) in [7, 11) is 0. The zero-order valence-electron chi connectivity index (χ0n) is 21.1. The first-order chi connectivity index (χ1) is 18.2. The lowest BCUT2D eigenvalue weighted by Gasteiger charge is -2.37. The zero-order valence-corrected chi connectivity index (χ0v) is 22.6. The Labute approximate surface area is 230 Å². The van der Waals surface area contributed by atoms with Gasteiger partial charge in [-0.05, 0) is 56.2 Å². The minimum absolute atomic E-state index is 0.0249. The van der Waals surface area contributed by atoms with Gasteiger partial charge in [-0.1, -0.05) is 42.3 Å². The van der Waals surface area contributed by atoms with E-state index in [1.807, 2.05) is 47.9 Å². The molecule has 3 heterocycles. The molecule has 1 aliphatic rings. The van der Waals surface area contributed by atoms with Crippen LogP contribution in [0.4, 0.5) is 5.82 Å². The number of primary amides is 1. The molecule has 0 aliphatic carbocycles. The number of imidazole rings is 1. The van der Waals surface area contributed by atoms with Gasteiger partial charge in [0.1, 0.15) is 12.4 Å². The van der Waals surface area contributed by atoms with Gasteiger partial charge in [0.2, 0.25) is 5.91 Å². The quantitative estimate of drug-likeness (QED) is 0.341. The minimum Gasteiger partial charge on any atom is -0.461 e. The third kappa shape index (κ3) is 5.01. The highest BCUT2D eigenvalue weighted by Gasteiger charge is 2.37. The second-order valence-electron chi connectivity index (χ2n) is 9.80. The van der Waals surface area contributed by atoms with E-state index >= 15 is 0 Å². The van der Waals surface area contributed by atoms with Crippen molar-refractivity contribution < 1.29 is 14.6 Å². The van der Waals surface area contributed by atoms with Gasteiger partial charge in [0, 0.05) is 34.8 Å². The Balaban J connectivity index is 1.73. The minimum atomic E-state index is -0.705. The molecule has 1 amide bonds. The highest BCUT2D eigenvalue weighted by molar-refractivity contribution is 6.33. The van der Waals surface area contributed by atoms with Crippen molar-refractivity contribution in [1.82, 2.24) is 19.5 Å². The average Bonchev–Trinajstić information content (AvgIpc) is 3.27. The summed E-state index contributed by atoms with van der Waals surface area (Å²) in [6.45, 7) is 4.65. The number of carbonyl (C=O) groups is 1. The summed E-state index contributed by atoms with van der Waals surface area (Å²) in [6, 6.07) is 14.9. The zero-order chi connectivity index (χ0) is 27.0. The van der Waals surface area contributed by atoms with Gasteiger partial charge < -0.3 is 20.5 Å². The van der Waals surface area contributed by atoms with Crippen LogP contribution in [0.1, 0.15) is 26.7 Å². The molecule has 198 valence electrons. The van der Waals surface area contributed by atoms with E-state index in [0.29, 0.717) is 58.8 Å². The van der Waals surface area contributed by atoms with Crippen LogP contribution in [0.2, 0.25) is 10.0 Å². The smallest absolute Gasteiger partial charge is 0.320 e. The number of anilines is 1. The Morgan fingerprint density at radius 3 is 2.42 bits per heavy atom. The van der Waals surface area contributed by atoms with Crippen molar-refractivity contribution in [3.8, 4) is 23.1 Å². The first kappa shape index (κ1) is 26.2. The standard InChI is InChI=1S/C27H28Cl2N6O3/c1-16(36)15-38-26-32-23(34-13-11-27(2,12-14-34)25(30)37)21-24(33-26)35(18-9-7-17(28)8-10-18)22(31-21)19-5-3-4-6-20(19)29/h3-10,16,36H,11-15H2,1-2H3,(H2,30,37)/t16-/m0/s1. The van der Waals surface area contributed by atoms with Gasteiger partial charge in [0.25, 0.3) is 0 Å². The van der Waals surface area contributed by atoms with Crippen molar-refractivity contribution in [3.63, 3.8) is 0 Å². The molecule has 3 N–H and O–H groups in total. The van der Waals surface area contributed by atoms with E-state index in [2.05, 4.69) is 4.90 Å². The van der Waals surface area contributed by atoms with Crippen molar-refractivity contribution >= 4 is 46.1 Å². The largest absolute Gasteiger partial charge is 0.461 e. The molecule has 0 radical (unpaired) electrons. The van der Waals surface area contributed by atoms with E-state index in [1.54, 1.807) is 19.1 Å². The molecule has 0 saturated carbocycles. The molecule has 1 fully saturated rings. The van der Waals surface area contributed by atoms with Gasteiger partial charge in [0.15, 0.2) is 17.0 Å². The molecule has 2 aromatic heterocycles. The fraction of sp³-hybridized carbons (Fsp3) is 0.333. The molecule has 9 nitrogen and oxygen atoms in total. The SMILES string of the molecule is C[C@H](O)COc1nc(N2CCC(C)(C(N)=O)CC2)c2nc(-c3ccccc3Cl)n(-c3ccc(Cl)cc3)c2n1. The topological polar surface area (TPSA) is 119 Å². The summed E-state index contributed by atoms with van der Waals surface area (Å²) in [6.07, 6.45) is 0.448. The van der Waals surface area contributed by atoms with Crippen LogP contribution in [0.25, 0.3) is 28.2 Å². The van der Waals surface area contributed by atoms with Gasteiger partial charge in [-0.2, -0.15) is 9.97 Å². The average molecular weight is 555 g/mol. The third-order valence-corrected chi connectivity index (χ3v) is 7.46. The Morgan fingerprint density at radius 2 is 1.79 bits per heavy atom. The number of rotatable bonds is 7. The van der Waals surface area contributed by atoms with Crippen LogP contribution in [0.15, 0.2) is 48.5 Å². The third-order valence-electron chi connectivity index (χ3n) is 6.88. The normalized spacial score (nSPS) is 16.0. The summed E-state index contributed by atoms with van der Waals surface area (Å²) in [5, 5.41) is 10.9. The Bertz CT molecular complexity index is 1480. The second-order valence-corrected chi connectivity index (χ2v) is 10.6. The molecule has 4 aromatic rings. The van der Waals surface area contributed by atoms with Crippen molar-refractivity contribution in [2.45, 2.75) is 32.8 Å². The van der Waals surface area contributed by atoms with Gasteiger partial charge in [-0.25, -0.2) is 4.98 Å². The number of fused-ring (bicyclic) bond motifs is 1. The van der Waals surface area contributed by atoms with Crippen LogP contribution in [0, 0.1) is 5.41 Å². The van der Waals surface area contributed by atoms with Crippen LogP contribution in [0.5, 0.6) is 6.01 Å². The number of aliphatic hydroxyl groups is 1. The second kappa shape index (κ2) is 10.4. The van der Waals surface area contributed by atoms with Crippen LogP contribution in [0.3, 0.4) is 0 Å². The molecule has 0 spiro atoms. The number of aliphatic hydroxyl groups excluding tert-OH is 1. The molecule has 0 unspecified atom stereocenters. The molecule has 2 aromatic carbocycles. The number of hydrogen-bond donors (Lipinski definition) is 2. The van der Waals surface area contributed by atoms with E-state index in [0.717, 1.165) is 11.3 Å². The van der Waals surface area contributed by atoms with Crippen LogP contribution < -0.4 is 15.4 Å². The molecule has 0 bridgehead atoms. The van der Waals surface area contributed by atoms with Crippen LogP contribution in [-0.2, 0) is 4.79 Å². The first-order valence-corrected chi connectivity index (χ1v) is 13.1. The van der Waals surface area contributed by atoms with Crippen molar-refractivity contribution in [2.75, 3.05) is 24.6 Å². The lowest BCUT2D eigenvalue weighted by Crippen LogP contribution is -2.45. The maximum atomic E-state index is 12.0. The monoisotopic (exact) mass is 554 g/mol. The van der Waals surface area contributed by atoms with Crippen molar-refractivity contribution in [2.24, 2.45) is 11.1 Å². The maximum Gasteiger partial charge on any atom is 0.320 e. The van der Waals surface area contributed by atoms with Crippen molar-refractivity contribution in [3.05, 3.63) is 58.6 Å². The van der Waals surface area contributed by atoms with Crippen molar-refractivity contribution in [1.29, 1.82) is 0 Å².